The van der Waals surface area contributed by atoms with Gasteiger partial charge in [-0.1, -0.05) is 48.0 Å². The van der Waals surface area contributed by atoms with Gasteiger partial charge in [-0.25, -0.2) is 0 Å². The first kappa shape index (κ1) is 14.4. The maximum atomic E-state index is 11.9. The summed E-state index contributed by atoms with van der Waals surface area (Å²) in [6.07, 6.45) is 0. The lowest BCUT2D eigenvalue weighted by Crippen LogP contribution is -2.21. The average molecular weight is 311 g/mol. The Labute approximate surface area is 133 Å². The molecule has 110 valence electrons. The number of halogens is 1. The molecule has 0 aromatic heterocycles. The number of hydrogen-bond acceptors (Lipinski definition) is 2. The van der Waals surface area contributed by atoms with E-state index >= 15 is 0 Å². The van der Waals surface area contributed by atoms with E-state index in [1.165, 1.54) is 5.39 Å². The Balaban J connectivity index is 1.62. The molecular weight excluding hydrogens is 296 g/mol. The molecule has 22 heavy (non-hydrogen) atoms. The summed E-state index contributed by atoms with van der Waals surface area (Å²) in [5.74, 6) is -0.115. The van der Waals surface area contributed by atoms with Crippen LogP contribution in [0.25, 0.3) is 10.8 Å². The molecule has 3 rings (SSSR count). The van der Waals surface area contributed by atoms with Crippen molar-refractivity contribution in [1.29, 1.82) is 0 Å². The van der Waals surface area contributed by atoms with E-state index < -0.39 is 0 Å². The number of hydrogen-bond donors (Lipinski definition) is 2. The van der Waals surface area contributed by atoms with Crippen LogP contribution < -0.4 is 10.6 Å². The Kier molecular flexibility index (Phi) is 4.26. The number of fused-ring (bicyclic) bond motifs is 1. The minimum absolute atomic E-state index is 0.115. The molecule has 0 aliphatic carbocycles. The van der Waals surface area contributed by atoms with Crippen molar-refractivity contribution < 1.29 is 4.79 Å². The van der Waals surface area contributed by atoms with Crippen molar-refractivity contribution in [2.75, 3.05) is 17.2 Å². The Bertz CT molecular complexity index is 817. The van der Waals surface area contributed by atoms with Gasteiger partial charge < -0.3 is 10.6 Å². The second kappa shape index (κ2) is 6.50. The zero-order chi connectivity index (χ0) is 15.4. The minimum atomic E-state index is -0.115. The average Bonchev–Trinajstić information content (AvgIpc) is 2.53. The molecule has 0 aliphatic heterocycles. The SMILES string of the molecule is O=C(CNc1ccc2ccccc2c1)Nc1cccc(Cl)c1. The van der Waals surface area contributed by atoms with Gasteiger partial charge in [0.1, 0.15) is 0 Å². The van der Waals surface area contributed by atoms with E-state index in [0.717, 1.165) is 11.1 Å². The van der Waals surface area contributed by atoms with Gasteiger partial charge >= 0.3 is 0 Å². The number of anilines is 2. The molecule has 4 heteroatoms. The number of benzene rings is 3. The van der Waals surface area contributed by atoms with E-state index in [1.807, 2.05) is 36.4 Å². The number of carbonyl (C=O) groups is 1. The molecular formula is C18H15ClN2O. The molecule has 0 radical (unpaired) electrons. The van der Waals surface area contributed by atoms with E-state index in [4.69, 9.17) is 11.6 Å². The first-order chi connectivity index (χ1) is 10.7. The molecule has 2 N–H and O–H groups in total. The molecule has 0 aliphatic rings. The van der Waals surface area contributed by atoms with Crippen molar-refractivity contribution >= 4 is 39.7 Å². The molecule has 0 saturated carbocycles. The topological polar surface area (TPSA) is 41.1 Å². The van der Waals surface area contributed by atoms with Crippen molar-refractivity contribution in [2.24, 2.45) is 0 Å². The van der Waals surface area contributed by atoms with E-state index in [2.05, 4.69) is 16.7 Å². The Morgan fingerprint density at radius 3 is 2.50 bits per heavy atom. The van der Waals surface area contributed by atoms with Crippen LogP contribution in [-0.2, 0) is 4.79 Å². The summed E-state index contributed by atoms with van der Waals surface area (Å²) in [6, 6.07) is 21.2. The summed E-state index contributed by atoms with van der Waals surface area (Å²) >= 11 is 5.89. The molecule has 3 nitrogen and oxygen atoms in total. The predicted octanol–water partition coefficient (Wildman–Crippen LogP) is 4.54. The van der Waals surface area contributed by atoms with Gasteiger partial charge in [-0.3, -0.25) is 4.79 Å². The van der Waals surface area contributed by atoms with Gasteiger partial charge in [-0.2, -0.15) is 0 Å². The smallest absolute Gasteiger partial charge is 0.243 e. The van der Waals surface area contributed by atoms with Crippen LogP contribution in [0.15, 0.2) is 66.7 Å². The van der Waals surface area contributed by atoms with Crippen LogP contribution in [0, 0.1) is 0 Å². The van der Waals surface area contributed by atoms with Gasteiger partial charge in [0, 0.05) is 16.4 Å². The van der Waals surface area contributed by atoms with Gasteiger partial charge in [0.05, 0.1) is 6.54 Å². The molecule has 3 aromatic rings. The van der Waals surface area contributed by atoms with Gasteiger partial charge in [0.2, 0.25) is 5.91 Å². The highest BCUT2D eigenvalue weighted by Crippen LogP contribution is 2.19. The summed E-state index contributed by atoms with van der Waals surface area (Å²) in [6.45, 7) is 0.199. The number of amides is 1. The third kappa shape index (κ3) is 3.57. The van der Waals surface area contributed by atoms with Crippen LogP contribution >= 0.6 is 11.6 Å². The lowest BCUT2D eigenvalue weighted by atomic mass is 10.1. The van der Waals surface area contributed by atoms with Gasteiger partial charge in [-0.05, 0) is 41.1 Å². The van der Waals surface area contributed by atoms with Crippen LogP contribution in [0.5, 0.6) is 0 Å². The summed E-state index contributed by atoms with van der Waals surface area (Å²) in [4.78, 5) is 11.9. The number of nitrogens with one attached hydrogen (secondary N) is 2. The summed E-state index contributed by atoms with van der Waals surface area (Å²) < 4.78 is 0. The van der Waals surface area contributed by atoms with Crippen molar-refractivity contribution in [3.05, 3.63) is 71.8 Å². The standard InChI is InChI=1S/C18H15ClN2O/c19-15-6-3-7-17(11-15)21-18(22)12-20-16-9-8-13-4-1-2-5-14(13)10-16/h1-11,20H,12H2,(H,21,22). The van der Waals surface area contributed by atoms with Gasteiger partial charge in [-0.15, -0.1) is 0 Å². The monoisotopic (exact) mass is 310 g/mol. The third-order valence-corrected chi connectivity index (χ3v) is 3.55. The summed E-state index contributed by atoms with van der Waals surface area (Å²) in [5.41, 5.74) is 1.61. The molecule has 0 spiro atoms. The highest BCUT2D eigenvalue weighted by Gasteiger charge is 2.03. The van der Waals surface area contributed by atoms with E-state index in [9.17, 15) is 4.79 Å². The lowest BCUT2D eigenvalue weighted by Gasteiger charge is -2.09. The fourth-order valence-electron chi connectivity index (χ4n) is 2.25. The third-order valence-electron chi connectivity index (χ3n) is 3.31. The van der Waals surface area contributed by atoms with Gasteiger partial charge in [0.25, 0.3) is 0 Å². The first-order valence-corrected chi connectivity index (χ1v) is 7.36. The highest BCUT2D eigenvalue weighted by atomic mass is 35.5. The normalized spacial score (nSPS) is 10.4. The summed E-state index contributed by atoms with van der Waals surface area (Å²) in [7, 11) is 0. The van der Waals surface area contributed by atoms with Crippen molar-refractivity contribution in [3.8, 4) is 0 Å². The van der Waals surface area contributed by atoms with Gasteiger partial charge in [0.15, 0.2) is 0 Å². The Morgan fingerprint density at radius 2 is 1.68 bits per heavy atom. The fraction of sp³-hybridized carbons (Fsp3) is 0.0556. The number of rotatable bonds is 4. The van der Waals surface area contributed by atoms with Crippen molar-refractivity contribution in [1.82, 2.24) is 0 Å². The Hall–Kier alpha value is -2.52. The zero-order valence-corrected chi connectivity index (χ0v) is 12.6. The molecule has 3 aromatic carbocycles. The number of carbonyl (C=O) groups excluding carboxylic acids is 1. The summed E-state index contributed by atoms with van der Waals surface area (Å²) in [5, 5.41) is 8.85. The predicted molar refractivity (Wildman–Crippen MR) is 92.5 cm³/mol. The van der Waals surface area contributed by atoms with Crippen LogP contribution in [0.2, 0.25) is 5.02 Å². The molecule has 0 fully saturated rings. The van der Waals surface area contributed by atoms with E-state index in [1.54, 1.807) is 24.3 Å². The van der Waals surface area contributed by atoms with Crippen molar-refractivity contribution in [3.63, 3.8) is 0 Å². The highest BCUT2D eigenvalue weighted by molar-refractivity contribution is 6.30. The molecule has 0 atom stereocenters. The van der Waals surface area contributed by atoms with Crippen LogP contribution in [0.1, 0.15) is 0 Å². The zero-order valence-electron chi connectivity index (χ0n) is 11.8. The van der Waals surface area contributed by atoms with E-state index in [0.29, 0.717) is 10.7 Å². The second-order valence-electron chi connectivity index (χ2n) is 4.97. The van der Waals surface area contributed by atoms with Crippen LogP contribution in [-0.4, -0.2) is 12.5 Å². The van der Waals surface area contributed by atoms with Crippen LogP contribution in [0.4, 0.5) is 11.4 Å². The quantitative estimate of drug-likeness (QED) is 0.742. The van der Waals surface area contributed by atoms with Crippen molar-refractivity contribution in [2.45, 2.75) is 0 Å². The second-order valence-corrected chi connectivity index (χ2v) is 5.41. The lowest BCUT2D eigenvalue weighted by molar-refractivity contribution is -0.114. The Morgan fingerprint density at radius 1 is 0.864 bits per heavy atom. The van der Waals surface area contributed by atoms with Crippen LogP contribution in [0.3, 0.4) is 0 Å². The van der Waals surface area contributed by atoms with E-state index in [-0.39, 0.29) is 12.5 Å². The minimum Gasteiger partial charge on any atom is -0.376 e. The fourth-order valence-corrected chi connectivity index (χ4v) is 2.44. The molecule has 0 unspecified atom stereocenters. The maximum Gasteiger partial charge on any atom is 0.243 e. The largest absolute Gasteiger partial charge is 0.376 e. The first-order valence-electron chi connectivity index (χ1n) is 6.99. The molecule has 0 bridgehead atoms. The molecule has 1 amide bonds. The molecule has 0 saturated heterocycles. The maximum absolute atomic E-state index is 11.9. The molecule has 0 heterocycles.